The van der Waals surface area contributed by atoms with Gasteiger partial charge in [0.05, 0.1) is 11.1 Å². The van der Waals surface area contributed by atoms with Crippen molar-refractivity contribution in [3.8, 4) is 0 Å². The third-order valence-corrected chi connectivity index (χ3v) is 2.24. The highest BCUT2D eigenvalue weighted by molar-refractivity contribution is 5.94. The Kier molecular flexibility index (Phi) is 2.57. The SMILES string of the molecule is O=C(NC1CC1)c1cncc(C(F)(F)F)c1. The molecule has 0 bridgehead atoms. The van der Waals surface area contributed by atoms with Gasteiger partial charge in [-0.3, -0.25) is 9.78 Å². The Balaban J connectivity index is 2.17. The lowest BCUT2D eigenvalue weighted by atomic mass is 10.2. The predicted octanol–water partition coefficient (Wildman–Crippen LogP) is 1.99. The Labute approximate surface area is 89.7 Å². The van der Waals surface area contributed by atoms with E-state index in [0.29, 0.717) is 6.20 Å². The molecule has 0 aliphatic heterocycles. The second-order valence-corrected chi connectivity index (χ2v) is 3.71. The van der Waals surface area contributed by atoms with E-state index in [0.717, 1.165) is 25.1 Å². The van der Waals surface area contributed by atoms with Gasteiger partial charge in [0.15, 0.2) is 0 Å². The van der Waals surface area contributed by atoms with Crippen LogP contribution < -0.4 is 5.32 Å². The lowest BCUT2D eigenvalue weighted by molar-refractivity contribution is -0.137. The number of aromatic nitrogens is 1. The number of pyridine rings is 1. The van der Waals surface area contributed by atoms with Gasteiger partial charge in [-0.25, -0.2) is 0 Å². The smallest absolute Gasteiger partial charge is 0.349 e. The number of nitrogens with one attached hydrogen (secondary N) is 1. The molecule has 1 aromatic rings. The minimum atomic E-state index is -4.47. The highest BCUT2D eigenvalue weighted by Gasteiger charge is 2.32. The maximum absolute atomic E-state index is 12.3. The van der Waals surface area contributed by atoms with E-state index in [1.165, 1.54) is 0 Å². The molecule has 0 aromatic carbocycles. The highest BCUT2D eigenvalue weighted by atomic mass is 19.4. The van der Waals surface area contributed by atoms with Crippen LogP contribution in [0.1, 0.15) is 28.8 Å². The van der Waals surface area contributed by atoms with Crippen LogP contribution in [0.5, 0.6) is 0 Å². The summed E-state index contributed by atoms with van der Waals surface area (Å²) in [4.78, 5) is 14.9. The van der Waals surface area contributed by atoms with Crippen molar-refractivity contribution in [3.05, 3.63) is 29.6 Å². The second-order valence-electron chi connectivity index (χ2n) is 3.71. The number of halogens is 3. The van der Waals surface area contributed by atoms with Crippen LogP contribution in [0.2, 0.25) is 0 Å². The normalized spacial score (nSPS) is 15.9. The molecule has 0 radical (unpaired) electrons. The van der Waals surface area contributed by atoms with E-state index in [9.17, 15) is 18.0 Å². The van der Waals surface area contributed by atoms with Crippen LogP contribution in [-0.2, 0) is 6.18 Å². The summed E-state index contributed by atoms with van der Waals surface area (Å²) in [6.45, 7) is 0. The third kappa shape index (κ3) is 2.50. The van der Waals surface area contributed by atoms with Crippen molar-refractivity contribution in [3.63, 3.8) is 0 Å². The molecule has 1 heterocycles. The number of alkyl halides is 3. The van der Waals surface area contributed by atoms with Crippen LogP contribution in [0.25, 0.3) is 0 Å². The van der Waals surface area contributed by atoms with Crippen LogP contribution in [0.15, 0.2) is 18.5 Å². The maximum atomic E-state index is 12.3. The van der Waals surface area contributed by atoms with Crippen LogP contribution >= 0.6 is 0 Å². The number of amides is 1. The summed E-state index contributed by atoms with van der Waals surface area (Å²) in [5.41, 5.74) is -0.960. The van der Waals surface area contributed by atoms with Gasteiger partial charge in [-0.2, -0.15) is 13.2 Å². The van der Waals surface area contributed by atoms with Gasteiger partial charge in [0, 0.05) is 18.4 Å². The molecule has 1 amide bonds. The lowest BCUT2D eigenvalue weighted by Crippen LogP contribution is -2.25. The molecule has 1 aromatic heterocycles. The molecule has 1 aliphatic carbocycles. The molecule has 3 nitrogen and oxygen atoms in total. The van der Waals surface area contributed by atoms with E-state index >= 15 is 0 Å². The summed E-state index contributed by atoms with van der Waals surface area (Å²) in [6.07, 6.45) is -0.861. The Morgan fingerprint density at radius 3 is 2.62 bits per heavy atom. The Morgan fingerprint density at radius 2 is 2.06 bits per heavy atom. The molecular formula is C10H9F3N2O. The molecule has 0 spiro atoms. The van der Waals surface area contributed by atoms with E-state index in [1.54, 1.807) is 0 Å². The predicted molar refractivity (Wildman–Crippen MR) is 49.7 cm³/mol. The fourth-order valence-electron chi connectivity index (χ4n) is 1.22. The lowest BCUT2D eigenvalue weighted by Gasteiger charge is -2.08. The second kappa shape index (κ2) is 3.77. The topological polar surface area (TPSA) is 42.0 Å². The summed E-state index contributed by atoms with van der Waals surface area (Å²) in [6, 6.07) is 0.923. The highest BCUT2D eigenvalue weighted by Crippen LogP contribution is 2.29. The monoisotopic (exact) mass is 230 g/mol. The quantitative estimate of drug-likeness (QED) is 0.844. The van der Waals surface area contributed by atoms with Gasteiger partial charge in [0.2, 0.25) is 0 Å². The fraction of sp³-hybridized carbons (Fsp3) is 0.400. The molecule has 1 aliphatic rings. The summed E-state index contributed by atoms with van der Waals surface area (Å²) >= 11 is 0. The van der Waals surface area contributed by atoms with Crippen LogP contribution in [-0.4, -0.2) is 16.9 Å². The van der Waals surface area contributed by atoms with Crippen molar-refractivity contribution < 1.29 is 18.0 Å². The van der Waals surface area contributed by atoms with Crippen molar-refractivity contribution in [2.45, 2.75) is 25.1 Å². The number of hydrogen-bond donors (Lipinski definition) is 1. The van der Waals surface area contributed by atoms with Crippen molar-refractivity contribution in [1.29, 1.82) is 0 Å². The Morgan fingerprint density at radius 1 is 1.38 bits per heavy atom. The van der Waals surface area contributed by atoms with Gasteiger partial charge in [-0.15, -0.1) is 0 Å². The van der Waals surface area contributed by atoms with Gasteiger partial charge in [0.25, 0.3) is 5.91 Å². The average Bonchev–Trinajstić information content (AvgIpc) is 3.00. The number of nitrogens with zero attached hydrogens (tertiary/aromatic N) is 1. The molecule has 1 N–H and O–H groups in total. The largest absolute Gasteiger partial charge is 0.417 e. The van der Waals surface area contributed by atoms with Crippen molar-refractivity contribution >= 4 is 5.91 Å². The molecule has 16 heavy (non-hydrogen) atoms. The zero-order chi connectivity index (χ0) is 11.8. The molecule has 1 fully saturated rings. The Hall–Kier alpha value is -1.59. The standard InChI is InChI=1S/C10H9F3N2O/c11-10(12,13)7-3-6(4-14-5-7)9(16)15-8-1-2-8/h3-5,8H,1-2H2,(H,15,16). The molecular weight excluding hydrogens is 221 g/mol. The maximum Gasteiger partial charge on any atom is 0.417 e. The summed E-state index contributed by atoms with van der Waals surface area (Å²) in [5, 5.41) is 2.60. The fourth-order valence-corrected chi connectivity index (χ4v) is 1.22. The minimum Gasteiger partial charge on any atom is -0.349 e. The number of carbonyl (C=O) groups is 1. The molecule has 6 heteroatoms. The van der Waals surface area contributed by atoms with E-state index < -0.39 is 17.6 Å². The molecule has 0 saturated heterocycles. The molecule has 1 saturated carbocycles. The summed E-state index contributed by atoms with van der Waals surface area (Å²) in [5.74, 6) is -0.499. The third-order valence-electron chi connectivity index (χ3n) is 2.24. The van der Waals surface area contributed by atoms with E-state index in [4.69, 9.17) is 0 Å². The van der Waals surface area contributed by atoms with E-state index in [1.807, 2.05) is 0 Å². The first-order chi connectivity index (χ1) is 7.47. The van der Waals surface area contributed by atoms with Gasteiger partial charge in [0.1, 0.15) is 0 Å². The van der Waals surface area contributed by atoms with Crippen molar-refractivity contribution in [2.24, 2.45) is 0 Å². The van der Waals surface area contributed by atoms with E-state index in [-0.39, 0.29) is 11.6 Å². The molecule has 2 rings (SSSR count). The zero-order valence-corrected chi connectivity index (χ0v) is 8.21. The molecule has 0 atom stereocenters. The summed E-state index contributed by atoms with van der Waals surface area (Å²) in [7, 11) is 0. The number of rotatable bonds is 2. The van der Waals surface area contributed by atoms with Crippen LogP contribution in [0.3, 0.4) is 0 Å². The zero-order valence-electron chi connectivity index (χ0n) is 8.21. The van der Waals surface area contributed by atoms with Crippen LogP contribution in [0, 0.1) is 0 Å². The van der Waals surface area contributed by atoms with Gasteiger partial charge >= 0.3 is 6.18 Å². The summed E-state index contributed by atoms with van der Waals surface area (Å²) < 4.78 is 37.0. The van der Waals surface area contributed by atoms with E-state index in [2.05, 4.69) is 10.3 Å². The van der Waals surface area contributed by atoms with Crippen molar-refractivity contribution in [2.75, 3.05) is 0 Å². The first kappa shape index (κ1) is 10.9. The minimum absolute atomic E-state index is 0.0540. The average molecular weight is 230 g/mol. The number of hydrogen-bond acceptors (Lipinski definition) is 2. The molecule has 0 unspecified atom stereocenters. The first-order valence-corrected chi connectivity index (χ1v) is 4.80. The van der Waals surface area contributed by atoms with Gasteiger partial charge in [-0.05, 0) is 18.9 Å². The Bertz CT molecular complexity index is 413. The van der Waals surface area contributed by atoms with Gasteiger partial charge < -0.3 is 5.32 Å². The van der Waals surface area contributed by atoms with Gasteiger partial charge in [-0.1, -0.05) is 0 Å². The van der Waals surface area contributed by atoms with Crippen molar-refractivity contribution in [1.82, 2.24) is 10.3 Å². The number of carbonyl (C=O) groups excluding carboxylic acids is 1. The first-order valence-electron chi connectivity index (χ1n) is 4.80. The van der Waals surface area contributed by atoms with Crippen LogP contribution in [0.4, 0.5) is 13.2 Å². The molecule has 86 valence electrons.